The Morgan fingerprint density at radius 2 is 0.588 bits per heavy atom. The van der Waals surface area contributed by atoms with Crippen LogP contribution in [-0.4, -0.2) is 185 Å². The Balaban J connectivity index is 0.000000125. The van der Waals surface area contributed by atoms with Gasteiger partial charge in [-0.05, 0) is 71.6 Å². The van der Waals surface area contributed by atoms with E-state index >= 15 is 0 Å². The Hall–Kier alpha value is -12.8. The third kappa shape index (κ3) is 18.3. The molecule has 4 aliphatic carbocycles. The van der Waals surface area contributed by atoms with Crippen LogP contribution in [0, 0.1) is 23.7 Å². The van der Waals surface area contributed by atoms with Gasteiger partial charge in [-0.1, -0.05) is 182 Å². The number of rotatable bonds is 15. The van der Waals surface area contributed by atoms with Gasteiger partial charge >= 0.3 is 5.97 Å². The topological polar surface area (TPSA) is 438 Å². The summed E-state index contributed by atoms with van der Waals surface area (Å²) in [6.07, 6.45) is 18.8. The second-order valence-electron chi connectivity index (χ2n) is 29.0. The molecule has 4 aliphatic heterocycles. The number of nitrogens with two attached hydrogens (primary N) is 1. The lowest BCUT2D eigenvalue weighted by molar-refractivity contribution is -0.121. The fraction of sp³-hybridized carbons (Fsp3) is 0.317. The molecular weight excluding hydrogens is 1590 g/mol. The second kappa shape index (κ2) is 35.9. The molecule has 8 aliphatic rings. The van der Waals surface area contributed by atoms with Gasteiger partial charge < -0.3 is 26.8 Å². The quantitative estimate of drug-likeness (QED) is 0.0643. The monoisotopic (exact) mass is 1670 g/mol. The van der Waals surface area contributed by atoms with Gasteiger partial charge in [0.05, 0.1) is 28.8 Å². The van der Waals surface area contributed by atoms with Gasteiger partial charge in [-0.25, -0.2) is 24.7 Å². The minimum atomic E-state index is -1.02. The summed E-state index contributed by atoms with van der Waals surface area (Å²) in [6.45, 7) is 0. The lowest BCUT2D eigenvalue weighted by Crippen LogP contribution is -2.48. The number of benzene rings is 4. The van der Waals surface area contributed by atoms with Gasteiger partial charge in [-0.2, -0.15) is 0 Å². The molecule has 8 aromatic heterocycles. The molecule has 608 valence electrons. The molecule has 20 rings (SSSR count). The van der Waals surface area contributed by atoms with Crippen LogP contribution in [0.1, 0.15) is 168 Å². The zero-order valence-electron chi connectivity index (χ0n) is 63.1. The van der Waals surface area contributed by atoms with E-state index in [1.807, 2.05) is 121 Å². The zero-order valence-corrected chi connectivity index (χ0v) is 66.4. The maximum atomic E-state index is 13.0. The number of nitrogens with one attached hydrogen (secondary N) is 3. The Kier molecular flexibility index (Phi) is 25.0. The molecule has 6 N–H and O–H groups in total. The van der Waals surface area contributed by atoms with Crippen LogP contribution in [0.2, 0.25) is 0 Å². The van der Waals surface area contributed by atoms with Gasteiger partial charge in [-0.15, -0.1) is 40.8 Å². The summed E-state index contributed by atoms with van der Waals surface area (Å²) >= 11 is 4.86. The normalized spacial score (nSPS) is 21.9. The van der Waals surface area contributed by atoms with Crippen LogP contribution in [0.3, 0.4) is 0 Å². The van der Waals surface area contributed by atoms with E-state index in [9.17, 15) is 38.4 Å². The second-order valence-corrected chi connectivity index (χ2v) is 33.3. The van der Waals surface area contributed by atoms with Crippen molar-refractivity contribution >= 4 is 116 Å². The first-order valence-electron chi connectivity index (χ1n) is 37.5. The zero-order chi connectivity index (χ0) is 81.1. The highest BCUT2D eigenvalue weighted by Crippen LogP contribution is 2.56. The van der Waals surface area contributed by atoms with Gasteiger partial charge in [0.1, 0.15) is 38.2 Å². The molecule has 4 saturated carbocycles. The summed E-state index contributed by atoms with van der Waals surface area (Å²) in [6, 6.07) is 37.2. The van der Waals surface area contributed by atoms with E-state index < -0.39 is 30.1 Å². The van der Waals surface area contributed by atoms with Gasteiger partial charge in [0.15, 0.2) is 23.3 Å². The summed E-state index contributed by atoms with van der Waals surface area (Å²) in [5.74, 6) is 0.764. The molecule has 12 aromatic rings. The molecule has 4 aromatic carbocycles. The van der Waals surface area contributed by atoms with E-state index in [2.05, 4.69) is 96.6 Å². The van der Waals surface area contributed by atoms with Crippen LogP contribution in [0.5, 0.6) is 0 Å². The van der Waals surface area contributed by atoms with Crippen molar-refractivity contribution in [2.75, 3.05) is 47.8 Å². The van der Waals surface area contributed by atoms with Crippen molar-refractivity contribution in [2.24, 2.45) is 29.4 Å². The van der Waals surface area contributed by atoms with Gasteiger partial charge in [0, 0.05) is 127 Å². The summed E-state index contributed by atoms with van der Waals surface area (Å²) in [4.78, 5) is 140. The number of hydrogen-bond donors (Lipinski definition) is 5. The Bertz CT molecular complexity index is 5300. The van der Waals surface area contributed by atoms with Crippen LogP contribution in [0.4, 0.5) is 23.3 Å². The highest BCUT2D eigenvalue weighted by Gasteiger charge is 2.57. The van der Waals surface area contributed by atoms with E-state index in [0.29, 0.717) is 54.9 Å². The molecule has 12 heterocycles. The average Bonchev–Trinajstić information content (AvgIpc) is 1.61. The van der Waals surface area contributed by atoms with E-state index in [0.717, 1.165) is 102 Å². The Morgan fingerprint density at radius 1 is 0.353 bits per heavy atom. The van der Waals surface area contributed by atoms with Crippen molar-refractivity contribution in [3.8, 4) is 0 Å². The molecule has 37 heteroatoms. The van der Waals surface area contributed by atoms with Crippen LogP contribution >= 0.6 is 45.3 Å². The van der Waals surface area contributed by atoms with Crippen molar-refractivity contribution in [3.05, 3.63) is 256 Å². The number of carbonyl (C=O) groups is 8. The maximum absolute atomic E-state index is 13.0. The van der Waals surface area contributed by atoms with Crippen molar-refractivity contribution in [3.63, 3.8) is 0 Å². The number of anilines is 4. The predicted octanol–water partition coefficient (Wildman–Crippen LogP) is 8.38. The van der Waals surface area contributed by atoms with Crippen LogP contribution in [0.15, 0.2) is 171 Å². The van der Waals surface area contributed by atoms with E-state index in [1.54, 1.807) is 77.8 Å². The summed E-state index contributed by atoms with van der Waals surface area (Å²) in [7, 11) is 6.72. The number of carbonyl (C=O) groups excluding carboxylic acids is 7. The van der Waals surface area contributed by atoms with E-state index in [-0.39, 0.29) is 118 Å². The van der Waals surface area contributed by atoms with E-state index in [4.69, 9.17) is 10.8 Å². The van der Waals surface area contributed by atoms with Crippen molar-refractivity contribution in [2.45, 2.75) is 114 Å². The fourth-order valence-electron chi connectivity index (χ4n) is 14.9. The molecule has 0 bridgehead atoms. The fourth-order valence-corrected chi connectivity index (χ4v) is 18.0. The number of likely N-dealkylation sites (N-methyl/N-ethyl adjacent to an activating group) is 4. The first-order valence-corrected chi connectivity index (χ1v) is 40.8. The smallest absolute Gasteiger partial charge is 0.367 e. The molecule has 119 heavy (non-hydrogen) atoms. The lowest BCUT2D eigenvalue weighted by Gasteiger charge is -2.22. The molecule has 0 radical (unpaired) electrons. The van der Waals surface area contributed by atoms with Gasteiger partial charge in [0.25, 0.3) is 35.4 Å². The third-order valence-corrected chi connectivity index (χ3v) is 25.0. The first-order chi connectivity index (χ1) is 56.8. The number of carboxylic acid groups (broad SMARTS) is 1. The number of aromatic nitrogens is 16. The molecule has 2 unspecified atom stereocenters. The molecule has 4 fully saturated rings. The number of nitrogens with zero attached hydrogens (tertiary/aromatic N) is 20. The molecule has 0 saturated heterocycles. The number of hydrogen-bond acceptors (Lipinski definition) is 29. The molecule has 12 atom stereocenters. The minimum absolute atomic E-state index is 0. The van der Waals surface area contributed by atoms with Gasteiger partial charge in [0.2, 0.25) is 25.9 Å². The summed E-state index contributed by atoms with van der Waals surface area (Å²) < 4.78 is 0. The minimum Gasteiger partial charge on any atom is -0.476 e. The molecular formula is C82H82N24O9S4. The Morgan fingerprint density at radius 3 is 0.857 bits per heavy atom. The van der Waals surface area contributed by atoms with Crippen molar-refractivity contribution < 1.29 is 43.5 Å². The van der Waals surface area contributed by atoms with Crippen LogP contribution < -0.4 is 41.3 Å². The van der Waals surface area contributed by atoms with Crippen molar-refractivity contribution in [1.82, 2.24) is 96.6 Å². The number of amides is 7. The van der Waals surface area contributed by atoms with E-state index in [1.165, 1.54) is 53.6 Å². The van der Waals surface area contributed by atoms with Crippen LogP contribution in [0.25, 0.3) is 0 Å². The number of carboxylic acids is 1. The standard InChI is InChI=1S/3C20H18N6O2S.C10H12N4O.C10H8N2O2S.2CH4/c3*1-26-17-15(21-7-8-22-17)12-10-13(12)16(20(26)28)23-18(27)19-25-24-14(29-19)9-11-5-3-2-4-6-11;1-14-9-8(12-2-3-13-9)6-4-5(6)7(11)10(14)15;13-10(14)9-12-11-8(15-9)6-7-4-2-1-3-5-7;;/h3*2-8,12-13,16H,9-10H2,1H3,(H,23,27);2-3,5-7H,4,11H2,1H3;1-5H,6H2,(H,13,14);2*1H4/t12-,13?,16+;2*12-,13+,16+;5?,6-,7+;;;/m1101.../s1. The molecule has 0 spiro atoms. The predicted molar refractivity (Wildman–Crippen MR) is 444 cm³/mol. The van der Waals surface area contributed by atoms with Crippen molar-refractivity contribution in [1.29, 1.82) is 0 Å². The lowest BCUT2D eigenvalue weighted by atomic mass is 10.1. The van der Waals surface area contributed by atoms with Gasteiger partial charge in [-0.3, -0.25) is 73.1 Å². The largest absolute Gasteiger partial charge is 0.476 e. The highest BCUT2D eigenvalue weighted by atomic mass is 32.1. The third-order valence-electron chi connectivity index (χ3n) is 21.3. The highest BCUT2D eigenvalue weighted by molar-refractivity contribution is 7.14. The first kappa shape index (κ1) is 82.7. The number of fused-ring (bicyclic) bond motifs is 12. The number of aromatic carboxylic acids is 1. The summed E-state index contributed by atoms with van der Waals surface area (Å²) in [5, 5.41) is 53.0. The van der Waals surface area contributed by atoms with Crippen LogP contribution in [-0.2, 0) is 44.9 Å². The SMILES string of the molecule is C.C.CN1C(=O)[C@@H](N)C2C[C@H]2c2nccnc21.CN1C(=O)[C@@H](NC(=O)c2nnc(Cc3ccccc3)s2)C2C[C@H]2c2nccnc21.CN1C(=O)[C@@H](NC(=O)c2nnc(Cc3ccccc3)s2)[C@H]2C[C@H]2c2nccnc21.CN1C(=O)[C@H](NC(=O)c2nnc(Cc3ccccc3)s2)[C@@H]2C[C@@H]2c2nccnc21.O=C(O)c1nnc(Cc2ccccc2)s1. The maximum Gasteiger partial charge on any atom is 0.367 e. The summed E-state index contributed by atoms with van der Waals surface area (Å²) in [5.41, 5.74) is 13.7. The molecule has 33 nitrogen and oxygen atoms in total. The Labute approximate surface area is 699 Å². The average molecular weight is 1680 g/mol. The molecule has 7 amide bonds.